The van der Waals surface area contributed by atoms with Crippen molar-refractivity contribution in [2.24, 2.45) is 11.7 Å². The molecule has 1 aliphatic heterocycles. The normalized spacial score (nSPS) is 16.6. The van der Waals surface area contributed by atoms with Crippen LogP contribution >= 0.6 is 23.2 Å². The minimum absolute atomic E-state index is 0.0955. The fraction of sp³-hybridized carbons (Fsp3) is 0.294. The molecule has 0 radical (unpaired) electrons. The van der Waals surface area contributed by atoms with Gasteiger partial charge < -0.3 is 15.7 Å². The summed E-state index contributed by atoms with van der Waals surface area (Å²) in [4.78, 5) is 17.4. The number of rotatable bonds is 5. The minimum Gasteiger partial charge on any atom is -0.508 e. The third kappa shape index (κ3) is 3.34. The SMILES string of the molecule is NC(=O)C1CN(C[C@@H](c2ccncc2)c2c(O)ccc(Cl)c2Cl)C1. The second-order valence-corrected chi connectivity index (χ2v) is 6.73. The van der Waals surface area contributed by atoms with Crippen molar-refractivity contribution in [3.63, 3.8) is 0 Å². The summed E-state index contributed by atoms with van der Waals surface area (Å²) in [6.45, 7) is 1.81. The number of hydrogen-bond donors (Lipinski definition) is 2. The third-order valence-electron chi connectivity index (χ3n) is 4.37. The standard InChI is InChI=1S/C17H17Cl2N3O2/c18-13-1-2-14(23)15(16(13)19)12(10-3-5-21-6-4-10)9-22-7-11(8-22)17(20)24/h1-6,11-12,23H,7-9H2,(H2,20,24)/t12-/m0/s1. The van der Waals surface area contributed by atoms with Crippen LogP contribution in [0.2, 0.25) is 10.0 Å². The number of primary amides is 1. The van der Waals surface area contributed by atoms with Gasteiger partial charge in [-0.15, -0.1) is 0 Å². The van der Waals surface area contributed by atoms with Gasteiger partial charge in [0, 0.05) is 43.5 Å². The van der Waals surface area contributed by atoms with E-state index in [9.17, 15) is 9.90 Å². The summed E-state index contributed by atoms with van der Waals surface area (Å²) in [7, 11) is 0. The molecule has 2 heterocycles. The number of likely N-dealkylation sites (tertiary alicyclic amines) is 1. The van der Waals surface area contributed by atoms with E-state index in [2.05, 4.69) is 9.88 Å². The van der Waals surface area contributed by atoms with Crippen LogP contribution in [0.3, 0.4) is 0 Å². The van der Waals surface area contributed by atoms with Gasteiger partial charge in [-0.05, 0) is 29.8 Å². The number of halogens is 2. The van der Waals surface area contributed by atoms with Gasteiger partial charge in [-0.3, -0.25) is 9.78 Å². The highest BCUT2D eigenvalue weighted by molar-refractivity contribution is 6.42. The topological polar surface area (TPSA) is 79.5 Å². The molecule has 3 N–H and O–H groups in total. The zero-order chi connectivity index (χ0) is 17.3. The molecule has 5 nitrogen and oxygen atoms in total. The third-order valence-corrected chi connectivity index (χ3v) is 5.19. The largest absolute Gasteiger partial charge is 0.508 e. The molecule has 0 saturated carbocycles. The Kier molecular flexibility index (Phi) is 4.94. The average molecular weight is 366 g/mol. The summed E-state index contributed by atoms with van der Waals surface area (Å²) in [5, 5.41) is 11.1. The first-order chi connectivity index (χ1) is 11.5. The molecule has 3 rings (SSSR count). The second kappa shape index (κ2) is 6.97. The number of aromatic nitrogens is 1. The predicted molar refractivity (Wildman–Crippen MR) is 93.3 cm³/mol. The molecule has 1 saturated heterocycles. The van der Waals surface area contributed by atoms with Crippen LogP contribution < -0.4 is 5.73 Å². The zero-order valence-corrected chi connectivity index (χ0v) is 14.3. The van der Waals surface area contributed by atoms with Crippen molar-refractivity contribution in [2.75, 3.05) is 19.6 Å². The first kappa shape index (κ1) is 17.0. The Balaban J connectivity index is 1.93. The number of aromatic hydroxyl groups is 1. The molecular formula is C17H17Cl2N3O2. The van der Waals surface area contributed by atoms with Gasteiger partial charge in [-0.2, -0.15) is 0 Å². The molecule has 7 heteroatoms. The maximum Gasteiger partial charge on any atom is 0.223 e. The van der Waals surface area contributed by atoms with E-state index in [4.69, 9.17) is 28.9 Å². The Morgan fingerprint density at radius 1 is 1.29 bits per heavy atom. The Hall–Kier alpha value is -1.82. The lowest BCUT2D eigenvalue weighted by Gasteiger charge is -2.39. The van der Waals surface area contributed by atoms with Crippen LogP contribution in [0.15, 0.2) is 36.7 Å². The summed E-state index contributed by atoms with van der Waals surface area (Å²) in [5.41, 5.74) is 6.87. The van der Waals surface area contributed by atoms with Crippen LogP contribution in [0, 0.1) is 5.92 Å². The van der Waals surface area contributed by atoms with Crippen LogP contribution in [-0.2, 0) is 4.79 Å². The highest BCUT2D eigenvalue weighted by Crippen LogP contribution is 2.41. The van der Waals surface area contributed by atoms with Gasteiger partial charge in [0.05, 0.1) is 16.0 Å². The molecule has 0 spiro atoms. The molecule has 1 aliphatic rings. The van der Waals surface area contributed by atoms with Crippen molar-refractivity contribution in [3.8, 4) is 5.75 Å². The van der Waals surface area contributed by atoms with Crippen molar-refractivity contribution < 1.29 is 9.90 Å². The molecule has 2 aromatic rings. The number of benzene rings is 1. The lowest BCUT2D eigenvalue weighted by atomic mass is 9.88. The van der Waals surface area contributed by atoms with Gasteiger partial charge >= 0.3 is 0 Å². The van der Waals surface area contributed by atoms with Crippen LogP contribution in [0.25, 0.3) is 0 Å². The molecule has 0 unspecified atom stereocenters. The number of pyridine rings is 1. The van der Waals surface area contributed by atoms with E-state index < -0.39 is 0 Å². The second-order valence-electron chi connectivity index (χ2n) is 5.95. The zero-order valence-electron chi connectivity index (χ0n) is 12.8. The smallest absolute Gasteiger partial charge is 0.223 e. The number of phenols is 1. The summed E-state index contributed by atoms with van der Waals surface area (Å²) in [6, 6.07) is 6.87. The number of carbonyl (C=O) groups excluding carboxylic acids is 1. The summed E-state index contributed by atoms with van der Waals surface area (Å²) >= 11 is 12.5. The van der Waals surface area contributed by atoms with Crippen LogP contribution in [0.4, 0.5) is 0 Å². The van der Waals surface area contributed by atoms with Crippen molar-refractivity contribution in [1.29, 1.82) is 0 Å². The van der Waals surface area contributed by atoms with E-state index in [-0.39, 0.29) is 23.5 Å². The molecule has 1 aromatic carbocycles. The fourth-order valence-electron chi connectivity index (χ4n) is 3.00. The molecule has 0 bridgehead atoms. The molecule has 1 fully saturated rings. The van der Waals surface area contributed by atoms with Gasteiger partial charge in [0.2, 0.25) is 5.91 Å². The van der Waals surface area contributed by atoms with Gasteiger partial charge in [0.1, 0.15) is 5.75 Å². The van der Waals surface area contributed by atoms with Crippen molar-refractivity contribution >= 4 is 29.1 Å². The number of carbonyl (C=O) groups is 1. The van der Waals surface area contributed by atoms with E-state index in [1.807, 2.05) is 12.1 Å². The van der Waals surface area contributed by atoms with Crippen molar-refractivity contribution in [3.05, 3.63) is 57.8 Å². The highest BCUT2D eigenvalue weighted by Gasteiger charge is 2.34. The van der Waals surface area contributed by atoms with Crippen LogP contribution in [-0.4, -0.2) is 40.5 Å². The average Bonchev–Trinajstić information content (AvgIpc) is 2.52. The van der Waals surface area contributed by atoms with Crippen LogP contribution in [0.1, 0.15) is 17.0 Å². The Morgan fingerprint density at radius 3 is 2.58 bits per heavy atom. The number of phenolic OH excluding ortho intramolecular Hbond substituents is 1. The lowest BCUT2D eigenvalue weighted by Crippen LogP contribution is -2.53. The molecule has 126 valence electrons. The Bertz CT molecular complexity index is 749. The van der Waals surface area contributed by atoms with Gasteiger partial charge in [0.15, 0.2) is 0 Å². The summed E-state index contributed by atoms with van der Waals surface area (Å²) < 4.78 is 0. The Morgan fingerprint density at radius 2 is 1.96 bits per heavy atom. The van der Waals surface area contributed by atoms with Crippen LogP contribution in [0.5, 0.6) is 5.75 Å². The lowest BCUT2D eigenvalue weighted by molar-refractivity contribution is -0.126. The minimum atomic E-state index is -0.282. The van der Waals surface area contributed by atoms with E-state index >= 15 is 0 Å². The first-order valence-electron chi connectivity index (χ1n) is 7.55. The molecular weight excluding hydrogens is 349 g/mol. The predicted octanol–water partition coefficient (Wildman–Crippen LogP) is 2.64. The first-order valence-corrected chi connectivity index (χ1v) is 8.31. The van der Waals surface area contributed by atoms with E-state index in [1.165, 1.54) is 0 Å². The number of nitrogens with two attached hydrogens (primary N) is 1. The fourth-order valence-corrected chi connectivity index (χ4v) is 3.46. The molecule has 24 heavy (non-hydrogen) atoms. The maximum absolute atomic E-state index is 11.2. The number of hydrogen-bond acceptors (Lipinski definition) is 4. The van der Waals surface area contributed by atoms with Gasteiger partial charge in [0.25, 0.3) is 0 Å². The molecule has 1 aromatic heterocycles. The van der Waals surface area contributed by atoms with E-state index in [0.717, 1.165) is 5.56 Å². The monoisotopic (exact) mass is 365 g/mol. The summed E-state index contributed by atoms with van der Waals surface area (Å²) in [5.74, 6) is -0.493. The van der Waals surface area contributed by atoms with E-state index in [1.54, 1.807) is 24.5 Å². The number of nitrogens with zero attached hydrogens (tertiary/aromatic N) is 2. The molecule has 0 aliphatic carbocycles. The van der Waals surface area contributed by atoms with Crippen molar-refractivity contribution in [1.82, 2.24) is 9.88 Å². The molecule has 1 atom stereocenters. The Labute approximate surface area is 150 Å². The maximum atomic E-state index is 11.2. The van der Waals surface area contributed by atoms with Crippen molar-refractivity contribution in [2.45, 2.75) is 5.92 Å². The quantitative estimate of drug-likeness (QED) is 0.853. The number of amides is 1. The summed E-state index contributed by atoms with van der Waals surface area (Å²) in [6.07, 6.45) is 3.39. The highest BCUT2D eigenvalue weighted by atomic mass is 35.5. The van der Waals surface area contributed by atoms with Gasteiger partial charge in [-0.25, -0.2) is 0 Å². The van der Waals surface area contributed by atoms with Gasteiger partial charge in [-0.1, -0.05) is 23.2 Å². The molecule has 1 amide bonds. The van der Waals surface area contributed by atoms with E-state index in [0.29, 0.717) is 35.2 Å².